The fourth-order valence-electron chi connectivity index (χ4n) is 4.37. The molecule has 0 radical (unpaired) electrons. The predicted octanol–water partition coefficient (Wildman–Crippen LogP) is 5.27. The van der Waals surface area contributed by atoms with Crippen LogP contribution in [0.15, 0.2) is 58.4 Å². The van der Waals surface area contributed by atoms with Crippen LogP contribution in [-0.2, 0) is 13.0 Å². The standard InChI is InChI=1S/C25H25N3O3S/c1-16-7-4-5-8-18(16)25-26-23(31-27-25)15-28-11-10-17-13-20(29-2)21(30-3)14-19(17)24(28)22-9-6-12-32-22/h4-9,12-14,24H,10-11,15H2,1-3H3. The van der Waals surface area contributed by atoms with Crippen molar-refractivity contribution >= 4 is 11.3 Å². The average Bonchev–Trinajstić information content (AvgIpc) is 3.51. The molecule has 0 spiro atoms. The van der Waals surface area contributed by atoms with Crippen molar-refractivity contribution < 1.29 is 14.0 Å². The maximum atomic E-state index is 5.67. The molecule has 1 aliphatic heterocycles. The number of fused-ring (bicyclic) bond motifs is 1. The van der Waals surface area contributed by atoms with Gasteiger partial charge in [0.25, 0.3) is 0 Å². The lowest BCUT2D eigenvalue weighted by atomic mass is 9.91. The molecule has 164 valence electrons. The van der Waals surface area contributed by atoms with E-state index in [1.165, 1.54) is 16.0 Å². The molecular weight excluding hydrogens is 422 g/mol. The summed E-state index contributed by atoms with van der Waals surface area (Å²) < 4.78 is 16.8. The van der Waals surface area contributed by atoms with Crippen molar-refractivity contribution in [3.63, 3.8) is 0 Å². The quantitative estimate of drug-likeness (QED) is 0.401. The molecule has 1 atom stereocenters. The van der Waals surface area contributed by atoms with Crippen LogP contribution in [0.4, 0.5) is 0 Å². The van der Waals surface area contributed by atoms with E-state index in [0.717, 1.165) is 35.6 Å². The first kappa shape index (κ1) is 20.7. The van der Waals surface area contributed by atoms with Crippen LogP contribution in [0.3, 0.4) is 0 Å². The molecule has 0 N–H and O–H groups in total. The van der Waals surface area contributed by atoms with Gasteiger partial charge in [-0.2, -0.15) is 4.98 Å². The van der Waals surface area contributed by atoms with Gasteiger partial charge in [0.2, 0.25) is 11.7 Å². The number of methoxy groups -OCH3 is 2. The van der Waals surface area contributed by atoms with Crippen molar-refractivity contribution in [2.24, 2.45) is 0 Å². The summed E-state index contributed by atoms with van der Waals surface area (Å²) in [6.07, 6.45) is 0.913. The fraction of sp³-hybridized carbons (Fsp3) is 0.280. The Morgan fingerprint density at radius 1 is 1.09 bits per heavy atom. The Labute approximate surface area is 191 Å². The normalized spacial score (nSPS) is 16.0. The van der Waals surface area contributed by atoms with Crippen molar-refractivity contribution in [1.29, 1.82) is 0 Å². The number of hydrogen-bond acceptors (Lipinski definition) is 7. The zero-order valence-electron chi connectivity index (χ0n) is 18.4. The van der Waals surface area contributed by atoms with Gasteiger partial charge in [0, 0.05) is 17.0 Å². The van der Waals surface area contributed by atoms with E-state index in [4.69, 9.17) is 19.0 Å². The molecule has 3 heterocycles. The molecular formula is C25H25N3O3S. The van der Waals surface area contributed by atoms with Crippen molar-refractivity contribution in [3.05, 3.63) is 81.4 Å². The van der Waals surface area contributed by atoms with E-state index in [1.807, 2.05) is 18.2 Å². The smallest absolute Gasteiger partial charge is 0.241 e. The van der Waals surface area contributed by atoms with Gasteiger partial charge in [0.15, 0.2) is 11.5 Å². The van der Waals surface area contributed by atoms with Gasteiger partial charge >= 0.3 is 0 Å². The number of ether oxygens (including phenoxy) is 2. The van der Waals surface area contributed by atoms with E-state index in [9.17, 15) is 0 Å². The topological polar surface area (TPSA) is 60.6 Å². The molecule has 0 fully saturated rings. The van der Waals surface area contributed by atoms with E-state index < -0.39 is 0 Å². The average molecular weight is 448 g/mol. The second-order valence-corrected chi connectivity index (χ2v) is 8.85. The van der Waals surface area contributed by atoms with E-state index in [0.29, 0.717) is 18.3 Å². The van der Waals surface area contributed by atoms with Crippen molar-refractivity contribution in [2.45, 2.75) is 25.9 Å². The van der Waals surface area contributed by atoms with Crippen molar-refractivity contribution in [3.8, 4) is 22.9 Å². The van der Waals surface area contributed by atoms with Crippen LogP contribution in [0.25, 0.3) is 11.4 Å². The lowest BCUT2D eigenvalue weighted by Gasteiger charge is -2.36. The van der Waals surface area contributed by atoms with Crippen molar-refractivity contribution in [1.82, 2.24) is 15.0 Å². The van der Waals surface area contributed by atoms with E-state index in [-0.39, 0.29) is 6.04 Å². The van der Waals surface area contributed by atoms with Gasteiger partial charge in [-0.3, -0.25) is 4.90 Å². The first-order chi connectivity index (χ1) is 15.7. The lowest BCUT2D eigenvalue weighted by Crippen LogP contribution is -2.35. The fourth-order valence-corrected chi connectivity index (χ4v) is 5.25. The molecule has 5 rings (SSSR count). The highest BCUT2D eigenvalue weighted by Gasteiger charge is 2.32. The summed E-state index contributed by atoms with van der Waals surface area (Å²) >= 11 is 1.75. The molecule has 4 aromatic rings. The summed E-state index contributed by atoms with van der Waals surface area (Å²) in [5, 5.41) is 6.36. The molecule has 7 heteroatoms. The Kier molecular flexibility index (Phi) is 5.68. The monoisotopic (exact) mass is 447 g/mol. The molecule has 0 saturated heterocycles. The van der Waals surface area contributed by atoms with Crippen LogP contribution in [0.5, 0.6) is 11.5 Å². The molecule has 1 unspecified atom stereocenters. The van der Waals surface area contributed by atoms with Crippen LogP contribution in [0, 0.1) is 6.92 Å². The third kappa shape index (κ3) is 3.78. The number of rotatable bonds is 6. The van der Waals surface area contributed by atoms with Gasteiger partial charge < -0.3 is 14.0 Å². The number of aryl methyl sites for hydroxylation is 1. The third-order valence-electron chi connectivity index (χ3n) is 5.98. The molecule has 1 aliphatic rings. The van der Waals surface area contributed by atoms with E-state index in [2.05, 4.69) is 52.7 Å². The van der Waals surface area contributed by atoms with E-state index >= 15 is 0 Å². The van der Waals surface area contributed by atoms with Gasteiger partial charge in [0.05, 0.1) is 26.8 Å². The lowest BCUT2D eigenvalue weighted by molar-refractivity contribution is 0.179. The number of nitrogens with zero attached hydrogens (tertiary/aromatic N) is 3. The molecule has 0 saturated carbocycles. The summed E-state index contributed by atoms with van der Waals surface area (Å²) in [6, 6.07) is 16.7. The van der Waals surface area contributed by atoms with Crippen molar-refractivity contribution in [2.75, 3.05) is 20.8 Å². The highest BCUT2D eigenvalue weighted by molar-refractivity contribution is 7.10. The molecule has 2 aromatic carbocycles. The largest absolute Gasteiger partial charge is 0.493 e. The number of thiophene rings is 1. The summed E-state index contributed by atoms with van der Waals surface area (Å²) in [5.41, 5.74) is 4.64. The van der Waals surface area contributed by atoms with Gasteiger partial charge in [-0.1, -0.05) is 35.5 Å². The maximum Gasteiger partial charge on any atom is 0.241 e. The Morgan fingerprint density at radius 2 is 1.91 bits per heavy atom. The Hall–Kier alpha value is -3.16. The minimum absolute atomic E-state index is 0.0902. The molecule has 0 amide bonds. The molecule has 6 nitrogen and oxygen atoms in total. The number of benzene rings is 2. The van der Waals surface area contributed by atoms with Crippen LogP contribution in [-0.4, -0.2) is 35.8 Å². The molecule has 0 aliphatic carbocycles. The second kappa shape index (κ2) is 8.76. The highest BCUT2D eigenvalue weighted by atomic mass is 32.1. The van der Waals surface area contributed by atoms with E-state index in [1.54, 1.807) is 25.6 Å². The highest BCUT2D eigenvalue weighted by Crippen LogP contribution is 2.42. The zero-order chi connectivity index (χ0) is 22.1. The maximum absolute atomic E-state index is 5.67. The first-order valence-corrected chi connectivity index (χ1v) is 11.5. The Bertz CT molecular complexity index is 1220. The number of aromatic nitrogens is 2. The minimum atomic E-state index is 0.0902. The van der Waals surface area contributed by atoms with Crippen LogP contribution in [0.1, 0.15) is 33.5 Å². The minimum Gasteiger partial charge on any atom is -0.493 e. The molecule has 32 heavy (non-hydrogen) atoms. The van der Waals surface area contributed by atoms with Gasteiger partial charge in [-0.15, -0.1) is 11.3 Å². The Balaban J connectivity index is 1.49. The summed E-state index contributed by atoms with van der Waals surface area (Å²) in [5.74, 6) is 2.77. The SMILES string of the molecule is COc1cc2c(cc1OC)C(c1cccs1)N(Cc1nc(-c3ccccc3C)no1)CC2. The number of hydrogen-bond donors (Lipinski definition) is 0. The Morgan fingerprint density at radius 3 is 2.66 bits per heavy atom. The third-order valence-corrected chi connectivity index (χ3v) is 6.90. The van der Waals surface area contributed by atoms with Crippen LogP contribution < -0.4 is 9.47 Å². The summed E-state index contributed by atoms with van der Waals surface area (Å²) in [6.45, 7) is 3.52. The molecule has 0 bridgehead atoms. The second-order valence-electron chi connectivity index (χ2n) is 7.87. The van der Waals surface area contributed by atoms with Gasteiger partial charge in [0.1, 0.15) is 0 Å². The van der Waals surface area contributed by atoms with Crippen LogP contribution >= 0.6 is 11.3 Å². The predicted molar refractivity (Wildman–Crippen MR) is 124 cm³/mol. The van der Waals surface area contributed by atoms with Gasteiger partial charge in [-0.05, 0) is 53.6 Å². The zero-order valence-corrected chi connectivity index (χ0v) is 19.2. The van der Waals surface area contributed by atoms with Gasteiger partial charge in [-0.25, -0.2) is 0 Å². The van der Waals surface area contributed by atoms with Crippen LogP contribution in [0.2, 0.25) is 0 Å². The first-order valence-electron chi connectivity index (χ1n) is 10.6. The molecule has 2 aromatic heterocycles. The summed E-state index contributed by atoms with van der Waals surface area (Å²) in [7, 11) is 3.36. The summed E-state index contributed by atoms with van der Waals surface area (Å²) in [4.78, 5) is 8.38.